The zero-order chi connectivity index (χ0) is 23.9. The van der Waals surface area contributed by atoms with Crippen LogP contribution < -0.4 is 11.2 Å². The molecule has 9 nitrogen and oxygen atoms in total. The lowest BCUT2D eigenvalue weighted by atomic mass is 10.1. The van der Waals surface area contributed by atoms with Gasteiger partial charge in [0.05, 0.1) is 23.9 Å². The number of aromatic nitrogens is 6. The molecule has 0 saturated carbocycles. The molecule has 0 saturated heterocycles. The lowest BCUT2D eigenvalue weighted by molar-refractivity contribution is -0.137. The SMILES string of the molecule is CCCn1c(=O)c2c(nc(-c3cnn(Cc4cccc(C(F)(F)F)c4)c3)n2O)n(CC)c1=O. The van der Waals surface area contributed by atoms with Gasteiger partial charge in [0.25, 0.3) is 5.56 Å². The predicted octanol–water partition coefficient (Wildman–Crippen LogP) is 2.96. The summed E-state index contributed by atoms with van der Waals surface area (Å²) in [5.41, 5.74) is -1.30. The topological polar surface area (TPSA) is 99.9 Å². The zero-order valence-electron chi connectivity index (χ0n) is 17.9. The minimum absolute atomic E-state index is 0.00626. The first-order chi connectivity index (χ1) is 15.7. The van der Waals surface area contributed by atoms with Gasteiger partial charge in [-0.1, -0.05) is 19.1 Å². The Hall–Kier alpha value is -3.83. The van der Waals surface area contributed by atoms with Gasteiger partial charge >= 0.3 is 11.9 Å². The lowest BCUT2D eigenvalue weighted by Gasteiger charge is -2.08. The third kappa shape index (κ3) is 3.92. The Labute approximate surface area is 184 Å². The first-order valence-corrected chi connectivity index (χ1v) is 10.3. The first kappa shape index (κ1) is 22.4. The number of fused-ring (bicyclic) bond motifs is 1. The van der Waals surface area contributed by atoms with E-state index in [1.807, 2.05) is 6.92 Å². The summed E-state index contributed by atoms with van der Waals surface area (Å²) in [6.07, 6.45) is -1.03. The molecular weight excluding hydrogens is 441 g/mol. The highest BCUT2D eigenvalue weighted by Gasteiger charge is 2.30. The largest absolute Gasteiger partial charge is 0.426 e. The van der Waals surface area contributed by atoms with Gasteiger partial charge < -0.3 is 5.21 Å². The van der Waals surface area contributed by atoms with E-state index in [0.29, 0.717) is 22.3 Å². The molecule has 4 aromatic rings. The fourth-order valence-corrected chi connectivity index (χ4v) is 3.72. The molecule has 0 atom stereocenters. The third-order valence-electron chi connectivity index (χ3n) is 5.26. The van der Waals surface area contributed by atoms with E-state index < -0.39 is 23.0 Å². The molecule has 3 heterocycles. The molecule has 0 unspecified atom stereocenters. The second kappa shape index (κ2) is 8.26. The average Bonchev–Trinajstić information content (AvgIpc) is 3.35. The van der Waals surface area contributed by atoms with E-state index in [9.17, 15) is 28.0 Å². The van der Waals surface area contributed by atoms with Crippen molar-refractivity contribution < 1.29 is 18.4 Å². The van der Waals surface area contributed by atoms with Gasteiger partial charge in [0.2, 0.25) is 0 Å². The highest BCUT2D eigenvalue weighted by Crippen LogP contribution is 2.29. The Morgan fingerprint density at radius 3 is 2.55 bits per heavy atom. The fourth-order valence-electron chi connectivity index (χ4n) is 3.72. The summed E-state index contributed by atoms with van der Waals surface area (Å²) in [5.74, 6) is -0.00626. The zero-order valence-corrected chi connectivity index (χ0v) is 17.9. The Balaban J connectivity index is 1.76. The van der Waals surface area contributed by atoms with Crippen LogP contribution >= 0.6 is 0 Å². The van der Waals surface area contributed by atoms with E-state index >= 15 is 0 Å². The highest BCUT2D eigenvalue weighted by molar-refractivity contribution is 5.76. The Bertz CT molecular complexity index is 1440. The molecule has 0 aliphatic carbocycles. The van der Waals surface area contributed by atoms with Gasteiger partial charge in [-0.3, -0.25) is 18.6 Å². The smallest absolute Gasteiger partial charge is 0.416 e. The van der Waals surface area contributed by atoms with Crippen molar-refractivity contribution in [3.8, 4) is 11.4 Å². The second-order valence-electron chi connectivity index (χ2n) is 7.53. The van der Waals surface area contributed by atoms with E-state index in [4.69, 9.17) is 0 Å². The molecule has 174 valence electrons. The normalized spacial score (nSPS) is 12.0. The maximum atomic E-state index is 13.0. The number of halogens is 3. The number of benzene rings is 1. The maximum absolute atomic E-state index is 13.0. The van der Waals surface area contributed by atoms with Gasteiger partial charge in [-0.15, -0.1) is 0 Å². The molecule has 0 fully saturated rings. The quantitative estimate of drug-likeness (QED) is 0.444. The van der Waals surface area contributed by atoms with Crippen molar-refractivity contribution in [2.45, 2.75) is 46.1 Å². The van der Waals surface area contributed by atoms with E-state index in [2.05, 4.69) is 10.1 Å². The summed E-state index contributed by atoms with van der Waals surface area (Å²) in [6.45, 7) is 4.05. The third-order valence-corrected chi connectivity index (χ3v) is 5.26. The van der Waals surface area contributed by atoms with E-state index in [1.165, 1.54) is 27.7 Å². The van der Waals surface area contributed by atoms with Crippen LogP contribution in [0.2, 0.25) is 0 Å². The summed E-state index contributed by atoms with van der Waals surface area (Å²) >= 11 is 0. The van der Waals surface area contributed by atoms with Crippen molar-refractivity contribution in [1.82, 2.24) is 28.6 Å². The molecule has 0 bridgehead atoms. The van der Waals surface area contributed by atoms with Gasteiger partial charge in [0.15, 0.2) is 17.0 Å². The molecule has 1 aromatic carbocycles. The summed E-state index contributed by atoms with van der Waals surface area (Å²) in [4.78, 5) is 29.8. The van der Waals surface area contributed by atoms with Gasteiger partial charge in [0, 0.05) is 19.3 Å². The number of imidazole rings is 1. The number of hydrogen-bond acceptors (Lipinski definition) is 5. The van der Waals surface area contributed by atoms with Gasteiger partial charge in [-0.25, -0.2) is 9.78 Å². The molecule has 12 heteroatoms. The van der Waals surface area contributed by atoms with Crippen LogP contribution in [0.15, 0.2) is 46.2 Å². The van der Waals surface area contributed by atoms with Gasteiger partial charge in [-0.05, 0) is 31.0 Å². The molecule has 1 N–H and O–H groups in total. The summed E-state index contributed by atoms with van der Waals surface area (Å²) in [7, 11) is 0. The molecule has 0 radical (unpaired) electrons. The molecule has 33 heavy (non-hydrogen) atoms. The van der Waals surface area contributed by atoms with Crippen molar-refractivity contribution >= 4 is 11.2 Å². The van der Waals surface area contributed by atoms with Crippen molar-refractivity contribution in [3.63, 3.8) is 0 Å². The van der Waals surface area contributed by atoms with E-state index in [-0.39, 0.29) is 36.6 Å². The lowest BCUT2D eigenvalue weighted by Crippen LogP contribution is -2.40. The van der Waals surface area contributed by atoms with Crippen LogP contribution in [0.25, 0.3) is 22.6 Å². The van der Waals surface area contributed by atoms with Crippen LogP contribution in [0.1, 0.15) is 31.4 Å². The van der Waals surface area contributed by atoms with Crippen LogP contribution in [0.4, 0.5) is 13.2 Å². The van der Waals surface area contributed by atoms with Crippen molar-refractivity contribution in [2.24, 2.45) is 0 Å². The minimum atomic E-state index is -4.45. The fraction of sp³-hybridized carbons (Fsp3) is 0.333. The van der Waals surface area contributed by atoms with E-state index in [1.54, 1.807) is 13.0 Å². The Kier molecular flexibility index (Phi) is 5.60. The molecule has 0 amide bonds. The maximum Gasteiger partial charge on any atom is 0.416 e. The molecule has 0 aliphatic rings. The molecule has 0 aliphatic heterocycles. The average molecular weight is 462 g/mol. The predicted molar refractivity (Wildman–Crippen MR) is 113 cm³/mol. The van der Waals surface area contributed by atoms with Crippen molar-refractivity contribution in [2.75, 3.05) is 0 Å². The van der Waals surface area contributed by atoms with Crippen LogP contribution in [-0.4, -0.2) is 33.8 Å². The number of nitrogens with zero attached hydrogens (tertiary/aromatic N) is 6. The van der Waals surface area contributed by atoms with E-state index in [0.717, 1.165) is 16.7 Å². The molecular formula is C21H21F3N6O3. The van der Waals surface area contributed by atoms with Crippen molar-refractivity contribution in [3.05, 3.63) is 68.6 Å². The monoisotopic (exact) mass is 462 g/mol. The molecule has 4 rings (SSSR count). The van der Waals surface area contributed by atoms with Crippen LogP contribution in [0, 0.1) is 0 Å². The first-order valence-electron chi connectivity index (χ1n) is 10.3. The number of aryl methyl sites for hydroxylation is 1. The highest BCUT2D eigenvalue weighted by atomic mass is 19.4. The Morgan fingerprint density at radius 1 is 1.12 bits per heavy atom. The van der Waals surface area contributed by atoms with Gasteiger partial charge in [-0.2, -0.15) is 23.0 Å². The summed E-state index contributed by atoms with van der Waals surface area (Å²) < 4.78 is 43.3. The number of alkyl halides is 3. The minimum Gasteiger partial charge on any atom is -0.426 e. The summed E-state index contributed by atoms with van der Waals surface area (Å²) in [5, 5.41) is 14.9. The second-order valence-corrected chi connectivity index (χ2v) is 7.53. The number of hydrogen-bond donors (Lipinski definition) is 1. The standard InChI is InChI=1S/C21H21F3N6O3/c1-3-8-29-19(31)16-18(28(4-2)20(29)32)26-17(30(16)33)14-10-25-27(12-14)11-13-6-5-7-15(9-13)21(22,23)24/h5-7,9-10,12,33H,3-4,8,11H2,1-2H3. The van der Waals surface area contributed by atoms with Crippen LogP contribution in [0.3, 0.4) is 0 Å². The van der Waals surface area contributed by atoms with Gasteiger partial charge in [0.1, 0.15) is 0 Å². The van der Waals surface area contributed by atoms with Crippen molar-refractivity contribution in [1.29, 1.82) is 0 Å². The Morgan fingerprint density at radius 2 is 1.88 bits per heavy atom. The summed E-state index contributed by atoms with van der Waals surface area (Å²) in [6, 6.07) is 4.90. The van der Waals surface area contributed by atoms with Crippen LogP contribution in [-0.2, 0) is 25.8 Å². The molecule has 3 aromatic heterocycles. The molecule has 0 spiro atoms. The number of rotatable bonds is 6. The van der Waals surface area contributed by atoms with Crippen LogP contribution in [0.5, 0.6) is 0 Å².